The van der Waals surface area contributed by atoms with E-state index in [0.717, 1.165) is 6.54 Å². The Hall–Kier alpha value is -0.200. The minimum atomic E-state index is -0.848. The normalized spacial score (nSPS) is 49.3. The van der Waals surface area contributed by atoms with E-state index < -0.39 is 18.3 Å². The second-order valence-electron chi connectivity index (χ2n) is 4.22. The van der Waals surface area contributed by atoms with Crippen LogP contribution in [0.15, 0.2) is 0 Å². The highest BCUT2D eigenvalue weighted by Crippen LogP contribution is 2.27. The Morgan fingerprint density at radius 3 is 2.57 bits per heavy atom. The lowest BCUT2D eigenvalue weighted by Gasteiger charge is -2.42. The lowest BCUT2D eigenvalue weighted by atomic mass is 9.91. The largest absolute Gasteiger partial charge is 0.391 e. The van der Waals surface area contributed by atoms with E-state index in [0.29, 0.717) is 13.0 Å². The Bertz CT molecular complexity index is 214. The van der Waals surface area contributed by atoms with E-state index in [1.54, 1.807) is 7.05 Å². The molecule has 2 aliphatic heterocycles. The third-order valence-electron chi connectivity index (χ3n) is 3.44. The standard InChI is InChI=1S/C9H18N2O3/c1-10-5-4-11-3-2-6(12)7(11)9(14)8(5)13/h5-10,12-14H,2-4H2,1H3/t5-,6?,7?,8+,9+/m0/s1. The van der Waals surface area contributed by atoms with Crippen LogP contribution in [0, 0.1) is 0 Å². The summed E-state index contributed by atoms with van der Waals surface area (Å²) in [7, 11) is 1.77. The maximum Gasteiger partial charge on any atom is 0.0994 e. The minimum Gasteiger partial charge on any atom is -0.391 e. The molecular formula is C9H18N2O3. The first-order chi connectivity index (χ1) is 6.65. The molecule has 5 heteroatoms. The molecule has 2 saturated heterocycles. The maximum atomic E-state index is 9.83. The average Bonchev–Trinajstić information content (AvgIpc) is 2.54. The lowest BCUT2D eigenvalue weighted by molar-refractivity contribution is -0.100. The van der Waals surface area contributed by atoms with Crippen LogP contribution < -0.4 is 5.32 Å². The van der Waals surface area contributed by atoms with E-state index in [9.17, 15) is 15.3 Å². The minimum absolute atomic E-state index is 0.105. The van der Waals surface area contributed by atoms with Crippen LogP contribution in [-0.2, 0) is 0 Å². The molecule has 14 heavy (non-hydrogen) atoms. The van der Waals surface area contributed by atoms with E-state index in [1.165, 1.54) is 0 Å². The van der Waals surface area contributed by atoms with Gasteiger partial charge in [0.05, 0.1) is 24.4 Å². The number of likely N-dealkylation sites (N-methyl/N-ethyl adjacent to an activating group) is 1. The molecule has 2 aliphatic rings. The molecule has 0 bridgehead atoms. The van der Waals surface area contributed by atoms with Crippen LogP contribution in [0.5, 0.6) is 0 Å². The van der Waals surface area contributed by atoms with Gasteiger partial charge in [0.25, 0.3) is 0 Å². The molecule has 0 aromatic rings. The Morgan fingerprint density at radius 1 is 1.21 bits per heavy atom. The molecule has 0 aromatic heterocycles. The van der Waals surface area contributed by atoms with Crippen molar-refractivity contribution in [2.45, 2.75) is 36.8 Å². The van der Waals surface area contributed by atoms with Gasteiger partial charge in [0.1, 0.15) is 0 Å². The SMILES string of the molecule is CN[C@H]1CN2CCC(O)C2[C@@H](O)[C@@H]1O. The Morgan fingerprint density at radius 2 is 1.93 bits per heavy atom. The fraction of sp³-hybridized carbons (Fsp3) is 1.00. The van der Waals surface area contributed by atoms with Gasteiger partial charge in [0.2, 0.25) is 0 Å². The number of aliphatic hydroxyl groups is 3. The third-order valence-corrected chi connectivity index (χ3v) is 3.44. The van der Waals surface area contributed by atoms with Crippen molar-refractivity contribution in [1.29, 1.82) is 0 Å². The van der Waals surface area contributed by atoms with E-state index in [-0.39, 0.29) is 12.1 Å². The number of nitrogens with zero attached hydrogens (tertiary/aromatic N) is 1. The van der Waals surface area contributed by atoms with Crippen molar-refractivity contribution < 1.29 is 15.3 Å². The fourth-order valence-corrected chi connectivity index (χ4v) is 2.58. The van der Waals surface area contributed by atoms with Gasteiger partial charge in [-0.25, -0.2) is 0 Å². The summed E-state index contributed by atoms with van der Waals surface area (Å²) in [5.41, 5.74) is 0. The predicted octanol–water partition coefficient (Wildman–Crippen LogP) is -2.25. The van der Waals surface area contributed by atoms with Crippen molar-refractivity contribution in [3.05, 3.63) is 0 Å². The van der Waals surface area contributed by atoms with Crippen LogP contribution in [-0.4, -0.2) is 70.8 Å². The molecule has 0 amide bonds. The van der Waals surface area contributed by atoms with Crippen molar-refractivity contribution >= 4 is 0 Å². The summed E-state index contributed by atoms with van der Waals surface area (Å²) in [5.74, 6) is 0. The van der Waals surface area contributed by atoms with Gasteiger partial charge in [-0.3, -0.25) is 4.90 Å². The molecule has 0 spiro atoms. The predicted molar refractivity (Wildman–Crippen MR) is 50.8 cm³/mol. The molecule has 82 valence electrons. The summed E-state index contributed by atoms with van der Waals surface area (Å²) in [5, 5.41) is 32.2. The molecule has 0 aromatic carbocycles. The number of hydrogen-bond acceptors (Lipinski definition) is 5. The van der Waals surface area contributed by atoms with E-state index in [1.807, 2.05) is 4.90 Å². The van der Waals surface area contributed by atoms with Gasteiger partial charge >= 0.3 is 0 Å². The first-order valence-electron chi connectivity index (χ1n) is 5.10. The molecule has 0 saturated carbocycles. The molecule has 2 rings (SSSR count). The van der Waals surface area contributed by atoms with Crippen LogP contribution in [0.1, 0.15) is 6.42 Å². The molecule has 4 N–H and O–H groups in total. The highest BCUT2D eigenvalue weighted by atomic mass is 16.3. The lowest BCUT2D eigenvalue weighted by Crippen LogP contribution is -2.64. The van der Waals surface area contributed by atoms with Crippen LogP contribution in [0.3, 0.4) is 0 Å². The molecule has 0 radical (unpaired) electrons. The number of hydrogen-bond donors (Lipinski definition) is 4. The maximum absolute atomic E-state index is 9.83. The fourth-order valence-electron chi connectivity index (χ4n) is 2.58. The quantitative estimate of drug-likeness (QED) is 0.386. The summed E-state index contributed by atoms with van der Waals surface area (Å²) in [6.45, 7) is 1.49. The highest BCUT2D eigenvalue weighted by molar-refractivity contribution is 5.03. The smallest absolute Gasteiger partial charge is 0.0994 e. The molecule has 0 aliphatic carbocycles. The Labute approximate surface area is 83.3 Å². The van der Waals surface area contributed by atoms with Gasteiger partial charge in [-0.1, -0.05) is 0 Å². The van der Waals surface area contributed by atoms with E-state index in [4.69, 9.17) is 0 Å². The zero-order chi connectivity index (χ0) is 10.3. The van der Waals surface area contributed by atoms with Crippen molar-refractivity contribution in [2.75, 3.05) is 20.1 Å². The molecule has 2 heterocycles. The van der Waals surface area contributed by atoms with Crippen molar-refractivity contribution in [3.63, 3.8) is 0 Å². The summed E-state index contributed by atoms with van der Waals surface area (Å²) in [6.07, 6.45) is -1.45. The van der Waals surface area contributed by atoms with Gasteiger partial charge in [-0.15, -0.1) is 0 Å². The molecule has 2 unspecified atom stereocenters. The number of rotatable bonds is 1. The zero-order valence-corrected chi connectivity index (χ0v) is 8.30. The van der Waals surface area contributed by atoms with Gasteiger partial charge in [-0.05, 0) is 13.5 Å². The zero-order valence-electron chi connectivity index (χ0n) is 8.30. The number of nitrogens with one attached hydrogen (secondary N) is 1. The van der Waals surface area contributed by atoms with Gasteiger partial charge in [-0.2, -0.15) is 0 Å². The van der Waals surface area contributed by atoms with Crippen molar-refractivity contribution in [2.24, 2.45) is 0 Å². The topological polar surface area (TPSA) is 76.0 Å². The first kappa shape index (κ1) is 10.3. The number of aliphatic hydroxyl groups excluding tert-OH is 3. The van der Waals surface area contributed by atoms with Crippen LogP contribution in [0.4, 0.5) is 0 Å². The molecule has 5 nitrogen and oxygen atoms in total. The van der Waals surface area contributed by atoms with Crippen LogP contribution in [0.25, 0.3) is 0 Å². The van der Waals surface area contributed by atoms with Crippen molar-refractivity contribution in [3.8, 4) is 0 Å². The highest BCUT2D eigenvalue weighted by Gasteiger charge is 2.47. The monoisotopic (exact) mass is 202 g/mol. The summed E-state index contributed by atoms with van der Waals surface area (Å²) < 4.78 is 0. The van der Waals surface area contributed by atoms with Gasteiger partial charge in [0.15, 0.2) is 0 Å². The number of fused-ring (bicyclic) bond motifs is 1. The molecule has 2 fully saturated rings. The average molecular weight is 202 g/mol. The second kappa shape index (κ2) is 3.75. The Kier molecular flexibility index (Phi) is 2.77. The van der Waals surface area contributed by atoms with E-state index in [2.05, 4.69) is 5.32 Å². The first-order valence-corrected chi connectivity index (χ1v) is 5.10. The Balaban J connectivity index is 2.13. The molecular weight excluding hydrogens is 184 g/mol. The molecule has 5 atom stereocenters. The number of piperidine rings is 1. The summed E-state index contributed by atoms with van der Waals surface area (Å²) in [4.78, 5) is 2.04. The van der Waals surface area contributed by atoms with E-state index >= 15 is 0 Å². The third kappa shape index (κ3) is 1.45. The van der Waals surface area contributed by atoms with Gasteiger partial charge in [0, 0.05) is 19.1 Å². The summed E-state index contributed by atoms with van der Waals surface area (Å²) in [6, 6.07) is -0.388. The van der Waals surface area contributed by atoms with Crippen LogP contribution in [0.2, 0.25) is 0 Å². The second-order valence-corrected chi connectivity index (χ2v) is 4.22. The summed E-state index contributed by atoms with van der Waals surface area (Å²) >= 11 is 0. The van der Waals surface area contributed by atoms with Crippen molar-refractivity contribution in [1.82, 2.24) is 10.2 Å². The van der Waals surface area contributed by atoms with Gasteiger partial charge < -0.3 is 20.6 Å². The van der Waals surface area contributed by atoms with Crippen LogP contribution >= 0.6 is 0 Å².